The number of fused-ring (bicyclic) bond motifs is 28. The molecule has 6 heterocycles. The third-order valence-electron chi connectivity index (χ3n) is 27.3. The van der Waals surface area contributed by atoms with Crippen molar-refractivity contribution in [3.05, 3.63) is 479 Å². The van der Waals surface area contributed by atoms with Gasteiger partial charge in [0.1, 0.15) is 33.5 Å². The molecule has 0 saturated heterocycles. The van der Waals surface area contributed by atoms with Gasteiger partial charge in [-0.05, 0) is 269 Å². The van der Waals surface area contributed by atoms with Crippen molar-refractivity contribution in [2.45, 2.75) is 0 Å². The molecule has 23 aromatic carbocycles. The first-order chi connectivity index (χ1) is 67.9. The van der Waals surface area contributed by atoms with Gasteiger partial charge in [0.05, 0.1) is 0 Å². The molecule has 0 atom stereocenters. The quantitative estimate of drug-likeness (QED) is 0.114. The highest BCUT2D eigenvalue weighted by atomic mass is 32.1. The molecule has 0 radical (unpaired) electrons. The Balaban J connectivity index is 0.000000104. The molecular weight excluding hydrogens is 1720 g/mol. The van der Waals surface area contributed by atoms with E-state index in [2.05, 4.69) is 476 Å². The Hall–Kier alpha value is -17.2. The minimum atomic E-state index is 0.930. The highest BCUT2D eigenvalue weighted by Crippen LogP contribution is 2.52. The van der Waals surface area contributed by atoms with Crippen LogP contribution in [0.25, 0.3) is 214 Å². The predicted octanol–water partition coefficient (Wildman–Crippen LogP) is 39.0. The van der Waals surface area contributed by atoms with Crippen molar-refractivity contribution < 1.29 is 13.3 Å². The zero-order valence-corrected chi connectivity index (χ0v) is 76.4. The predicted molar refractivity (Wildman–Crippen MR) is 588 cm³/mol. The van der Waals surface area contributed by atoms with Crippen LogP contribution in [-0.4, -0.2) is 0 Å². The second-order valence-corrected chi connectivity index (χ2v) is 38.4. The zero-order valence-electron chi connectivity index (χ0n) is 73.9. The van der Waals surface area contributed by atoms with Crippen molar-refractivity contribution >= 4 is 265 Å². The van der Waals surface area contributed by atoms with Gasteiger partial charge in [0.15, 0.2) is 0 Å². The van der Waals surface area contributed by atoms with E-state index in [4.69, 9.17) is 13.3 Å². The van der Waals surface area contributed by atoms with Crippen molar-refractivity contribution in [2.75, 3.05) is 14.7 Å². The zero-order chi connectivity index (χ0) is 90.1. The first-order valence-electron chi connectivity index (χ1n) is 46.4. The van der Waals surface area contributed by atoms with E-state index in [-0.39, 0.29) is 0 Å². The summed E-state index contributed by atoms with van der Waals surface area (Å²) in [6.45, 7) is 0. The van der Waals surface area contributed by atoms with Gasteiger partial charge in [-0.1, -0.05) is 297 Å². The molecule has 29 aromatic rings. The van der Waals surface area contributed by atoms with Crippen LogP contribution in [0.15, 0.2) is 492 Å². The summed E-state index contributed by atoms with van der Waals surface area (Å²) in [5, 5.41) is 26.9. The van der Waals surface area contributed by atoms with Gasteiger partial charge in [-0.15, -0.1) is 34.0 Å². The van der Waals surface area contributed by atoms with Crippen LogP contribution >= 0.6 is 34.0 Å². The van der Waals surface area contributed by atoms with E-state index in [0.29, 0.717) is 0 Å². The lowest BCUT2D eigenvalue weighted by molar-refractivity contribution is 0.672. The molecule has 137 heavy (non-hydrogen) atoms. The maximum Gasteiger partial charge on any atom is 0.144 e. The molecular formula is C128H79N3O3S3. The van der Waals surface area contributed by atoms with Gasteiger partial charge in [-0.3, -0.25) is 0 Å². The molecule has 0 aliphatic rings. The fraction of sp³-hybridized carbons (Fsp3) is 0. The second-order valence-electron chi connectivity index (χ2n) is 35.2. The van der Waals surface area contributed by atoms with Crippen LogP contribution in [0.5, 0.6) is 0 Å². The maximum absolute atomic E-state index is 6.53. The molecule has 0 aliphatic carbocycles. The fourth-order valence-corrected chi connectivity index (χ4v) is 24.4. The molecule has 6 nitrogen and oxygen atoms in total. The van der Waals surface area contributed by atoms with Crippen molar-refractivity contribution in [3.8, 4) is 33.4 Å². The minimum Gasteiger partial charge on any atom is -0.455 e. The number of thiophene rings is 3. The molecule has 0 saturated carbocycles. The van der Waals surface area contributed by atoms with Crippen LogP contribution in [0.4, 0.5) is 51.2 Å². The third-order valence-corrected chi connectivity index (χ3v) is 30.7. The van der Waals surface area contributed by atoms with Crippen molar-refractivity contribution in [2.24, 2.45) is 0 Å². The van der Waals surface area contributed by atoms with E-state index in [1.54, 1.807) is 0 Å². The van der Waals surface area contributed by atoms with Crippen molar-refractivity contribution in [3.63, 3.8) is 0 Å². The van der Waals surface area contributed by atoms with Crippen LogP contribution < -0.4 is 14.7 Å². The lowest BCUT2D eigenvalue weighted by Gasteiger charge is -2.26. The molecule has 0 bridgehead atoms. The van der Waals surface area contributed by atoms with Crippen LogP contribution in [0.1, 0.15) is 0 Å². The average molecular weight is 1800 g/mol. The average Bonchev–Trinajstić information content (AvgIpc) is 1.60. The van der Waals surface area contributed by atoms with Gasteiger partial charge in [-0.25, -0.2) is 0 Å². The van der Waals surface area contributed by atoms with E-state index in [1.165, 1.54) is 164 Å². The lowest BCUT2D eigenvalue weighted by atomic mass is 9.98. The number of hydrogen-bond acceptors (Lipinski definition) is 9. The van der Waals surface area contributed by atoms with Crippen LogP contribution in [0.3, 0.4) is 0 Å². The summed E-state index contributed by atoms with van der Waals surface area (Å²) in [5.74, 6) is 0. The highest BCUT2D eigenvalue weighted by molar-refractivity contribution is 7.27. The topological polar surface area (TPSA) is 49.1 Å². The molecule has 642 valence electrons. The number of para-hydroxylation sites is 6. The molecule has 29 rings (SSSR count). The van der Waals surface area contributed by atoms with Gasteiger partial charge in [-0.2, -0.15) is 0 Å². The lowest BCUT2D eigenvalue weighted by Crippen LogP contribution is -2.09. The summed E-state index contributed by atoms with van der Waals surface area (Å²) in [6, 6.07) is 172. The maximum atomic E-state index is 6.53. The van der Waals surface area contributed by atoms with Gasteiger partial charge >= 0.3 is 0 Å². The molecule has 6 aromatic heterocycles. The normalized spacial score (nSPS) is 11.8. The Morgan fingerprint density at radius 2 is 0.409 bits per heavy atom. The van der Waals surface area contributed by atoms with Gasteiger partial charge in [0, 0.05) is 144 Å². The largest absolute Gasteiger partial charge is 0.455 e. The van der Waals surface area contributed by atoms with E-state index < -0.39 is 0 Å². The standard InChI is InChI=1S/2C44H27NOS.C40H25NOS/c1-2-10-31(11-3-1)45(33-24-21-30-18-17-28-9-4-5-12-34(28)38(30)27-33)32-22-19-29(20-23-32)35-14-8-16-40-42(35)43-41(47-40)26-25-37-36-13-6-7-15-39(36)46-44(37)43;1-2-10-31(11-3-1)45(33-23-24-35-30(27-33)18-17-28-9-4-5-12-34(28)35)32-21-19-29(20-22-32)36-14-8-16-40-42(36)43-41(47-40)26-25-38-37-13-6-7-15-39(37)46-44(38)43;1-2-11-29(12-3-1)41(31-22-17-26-9-4-5-10-28(26)25-31)30-20-18-27(19-21-30)32-14-8-16-36-38(32)39-37(43-36)24-23-34-33-13-6-7-15-35(33)42-40(34)39/h2*1-27H;1-25H. The number of benzene rings is 23. The second kappa shape index (κ2) is 32.9. The first-order valence-corrected chi connectivity index (χ1v) is 48.8. The molecule has 0 unspecified atom stereocenters. The Morgan fingerprint density at radius 1 is 0.146 bits per heavy atom. The Morgan fingerprint density at radius 3 is 0.810 bits per heavy atom. The fourth-order valence-electron chi connectivity index (χ4n) is 21.0. The number of furan rings is 3. The first kappa shape index (κ1) is 79.6. The minimum absolute atomic E-state index is 0.930. The molecule has 0 N–H and O–H groups in total. The summed E-state index contributed by atoms with van der Waals surface area (Å²) in [7, 11) is 0. The van der Waals surface area contributed by atoms with Crippen molar-refractivity contribution in [1.29, 1.82) is 0 Å². The Kier molecular flexibility index (Phi) is 19.1. The Labute approximate surface area is 799 Å². The molecule has 0 spiro atoms. The van der Waals surface area contributed by atoms with Gasteiger partial charge in [0.25, 0.3) is 0 Å². The highest BCUT2D eigenvalue weighted by Gasteiger charge is 2.26. The molecule has 9 heteroatoms. The summed E-state index contributed by atoms with van der Waals surface area (Å²) >= 11 is 5.49. The monoisotopic (exact) mass is 1800 g/mol. The number of rotatable bonds is 12. The van der Waals surface area contributed by atoms with Gasteiger partial charge < -0.3 is 28.0 Å². The smallest absolute Gasteiger partial charge is 0.144 e. The van der Waals surface area contributed by atoms with E-state index >= 15 is 0 Å². The summed E-state index contributed by atoms with van der Waals surface area (Å²) < 4.78 is 27.1. The van der Waals surface area contributed by atoms with Crippen LogP contribution in [-0.2, 0) is 0 Å². The summed E-state index contributed by atoms with van der Waals surface area (Å²) in [4.78, 5) is 7.02. The van der Waals surface area contributed by atoms with Gasteiger partial charge in [0.2, 0.25) is 0 Å². The third kappa shape index (κ3) is 13.6. The number of anilines is 9. The molecule has 0 fully saturated rings. The van der Waals surface area contributed by atoms with E-state index in [1.807, 2.05) is 52.2 Å². The van der Waals surface area contributed by atoms with Crippen LogP contribution in [0.2, 0.25) is 0 Å². The van der Waals surface area contributed by atoms with Crippen LogP contribution in [0, 0.1) is 0 Å². The summed E-state index contributed by atoms with van der Waals surface area (Å²) in [6.07, 6.45) is 0. The number of nitrogens with zero attached hydrogens (tertiary/aromatic N) is 3. The number of hydrogen-bond donors (Lipinski definition) is 0. The van der Waals surface area contributed by atoms with E-state index in [9.17, 15) is 0 Å². The Bertz CT molecular complexity index is 9820. The molecule has 0 aliphatic heterocycles. The SMILES string of the molecule is c1ccc(N(c2ccc(-c3cccc4sc5ccc6c7ccccc7oc6c5c34)cc2)c2ccc3c(ccc4ccccc43)c2)cc1.c1ccc(N(c2ccc(-c3cccc4sc5ccc6c7ccccc7oc6c5c34)cc2)c2ccc3ccc4ccccc4c3c2)cc1.c1ccc(N(c2ccc(-c3cccc4sc5ccc6c7ccccc7oc6c5c34)cc2)c2ccc3ccccc3c2)cc1. The van der Waals surface area contributed by atoms with E-state index in [0.717, 1.165) is 101 Å². The van der Waals surface area contributed by atoms with Crippen molar-refractivity contribution in [1.82, 2.24) is 0 Å². The summed E-state index contributed by atoms with van der Waals surface area (Å²) in [5.41, 5.74) is 23.0. The molecule has 0 amide bonds.